The molecule has 1 fully saturated rings. The molecule has 3 aromatic rings. The topological polar surface area (TPSA) is 76.6 Å². The number of rotatable bonds is 8. The number of aryl methyl sites for hydroxylation is 1. The lowest BCUT2D eigenvalue weighted by molar-refractivity contribution is -0.127. The summed E-state index contributed by atoms with van der Waals surface area (Å²) in [5, 5.41) is 4.10. The van der Waals surface area contributed by atoms with E-state index in [1.165, 1.54) is 6.07 Å². The van der Waals surface area contributed by atoms with E-state index in [4.69, 9.17) is 9.47 Å². The molecular formula is C26H30F2N4O3. The van der Waals surface area contributed by atoms with Crippen LogP contribution in [-0.4, -0.2) is 47.6 Å². The molecular weight excluding hydrogens is 454 g/mol. The first-order valence-corrected chi connectivity index (χ1v) is 11.6. The third-order valence-corrected chi connectivity index (χ3v) is 6.63. The Morgan fingerprint density at radius 2 is 1.91 bits per heavy atom. The predicted octanol–water partition coefficient (Wildman–Crippen LogP) is 5.37. The van der Waals surface area contributed by atoms with Crippen LogP contribution in [0.4, 0.5) is 14.6 Å². The van der Waals surface area contributed by atoms with Crippen molar-refractivity contribution < 1.29 is 23.0 Å². The van der Waals surface area contributed by atoms with Crippen molar-refractivity contribution >= 4 is 22.6 Å². The van der Waals surface area contributed by atoms with Crippen molar-refractivity contribution in [1.29, 1.82) is 0 Å². The summed E-state index contributed by atoms with van der Waals surface area (Å²) >= 11 is 0. The average Bonchev–Trinajstić information content (AvgIpc) is 3.14. The number of hydrogen-bond donors (Lipinski definition) is 1. The van der Waals surface area contributed by atoms with Crippen LogP contribution in [0.25, 0.3) is 10.9 Å². The number of methoxy groups -OCH3 is 1. The van der Waals surface area contributed by atoms with Crippen LogP contribution in [0.2, 0.25) is 0 Å². The van der Waals surface area contributed by atoms with Crippen LogP contribution in [0.5, 0.6) is 11.5 Å². The summed E-state index contributed by atoms with van der Waals surface area (Å²) in [5.74, 6) is 2.29. The van der Waals surface area contributed by atoms with Crippen molar-refractivity contribution in [3.8, 4) is 11.5 Å². The molecule has 0 bridgehead atoms. The largest absolute Gasteiger partial charge is 0.493 e. The maximum atomic E-state index is 13.4. The van der Waals surface area contributed by atoms with Gasteiger partial charge in [0.15, 0.2) is 11.5 Å². The molecule has 2 atom stereocenters. The van der Waals surface area contributed by atoms with Gasteiger partial charge < -0.3 is 19.7 Å². The summed E-state index contributed by atoms with van der Waals surface area (Å²) in [6, 6.07) is 8.27. The lowest BCUT2D eigenvalue weighted by atomic mass is 9.97. The molecule has 1 amide bonds. The van der Waals surface area contributed by atoms with Crippen LogP contribution < -0.4 is 14.8 Å². The van der Waals surface area contributed by atoms with Gasteiger partial charge in [-0.3, -0.25) is 4.79 Å². The zero-order chi connectivity index (χ0) is 25.3. The highest BCUT2D eigenvalue weighted by Gasteiger charge is 2.28. The van der Waals surface area contributed by atoms with Crippen LogP contribution >= 0.6 is 0 Å². The molecule has 0 saturated carbocycles. The number of nitrogens with one attached hydrogen (secondary N) is 1. The second kappa shape index (κ2) is 10.0. The van der Waals surface area contributed by atoms with Crippen LogP contribution in [0.1, 0.15) is 54.7 Å². The van der Waals surface area contributed by atoms with E-state index in [0.717, 1.165) is 17.4 Å². The van der Waals surface area contributed by atoms with Gasteiger partial charge in [0, 0.05) is 30.5 Å². The molecule has 186 valence electrons. The Balaban J connectivity index is 1.67. The standard InChI is InChI=1S/C26H30F2N4O3/c1-14-18(7-6-8-19(14)25(27)28)15(2)29-26-20-11-23(35-13-17-9-10-24(33)32(17)4)22(34-5)12-21(20)30-16(3)31-26/h6-8,11-12,15,17,25H,9-10,13H2,1-5H3,(H,29,30,31)/t15-,17+/m1/s1. The normalized spacial score (nSPS) is 16.7. The molecule has 4 rings (SSSR count). The van der Waals surface area contributed by atoms with Gasteiger partial charge in [-0.15, -0.1) is 0 Å². The monoisotopic (exact) mass is 484 g/mol. The van der Waals surface area contributed by atoms with Gasteiger partial charge in [0.05, 0.1) is 24.7 Å². The van der Waals surface area contributed by atoms with Gasteiger partial charge in [-0.2, -0.15) is 0 Å². The number of alkyl halides is 2. The van der Waals surface area contributed by atoms with Crippen LogP contribution in [0.15, 0.2) is 30.3 Å². The Bertz CT molecular complexity index is 1250. The first-order valence-electron chi connectivity index (χ1n) is 11.6. The van der Waals surface area contributed by atoms with Crippen LogP contribution in [0, 0.1) is 13.8 Å². The molecule has 0 spiro atoms. The maximum absolute atomic E-state index is 13.4. The van der Waals surface area contributed by atoms with E-state index in [9.17, 15) is 13.6 Å². The summed E-state index contributed by atoms with van der Waals surface area (Å²) in [6.45, 7) is 5.76. The zero-order valence-electron chi connectivity index (χ0n) is 20.6. The number of carbonyl (C=O) groups is 1. The summed E-state index contributed by atoms with van der Waals surface area (Å²) in [4.78, 5) is 22.7. The van der Waals surface area contributed by atoms with E-state index in [0.29, 0.717) is 47.2 Å². The Hall–Kier alpha value is -3.49. The van der Waals surface area contributed by atoms with E-state index in [-0.39, 0.29) is 23.6 Å². The number of hydrogen-bond acceptors (Lipinski definition) is 6. The Morgan fingerprint density at radius 1 is 1.17 bits per heavy atom. The van der Waals surface area contributed by atoms with Crippen molar-refractivity contribution in [1.82, 2.24) is 14.9 Å². The number of halogens is 2. The van der Waals surface area contributed by atoms with Crippen molar-refractivity contribution in [2.75, 3.05) is 26.1 Å². The second-order valence-corrected chi connectivity index (χ2v) is 8.88. The lowest BCUT2D eigenvalue weighted by Gasteiger charge is -2.22. The van der Waals surface area contributed by atoms with E-state index >= 15 is 0 Å². The summed E-state index contributed by atoms with van der Waals surface area (Å²) < 4.78 is 38.5. The number of nitrogens with zero attached hydrogens (tertiary/aromatic N) is 3. The third kappa shape index (κ3) is 4.99. The van der Waals surface area contributed by atoms with Crippen molar-refractivity contribution in [3.63, 3.8) is 0 Å². The van der Waals surface area contributed by atoms with E-state index < -0.39 is 6.43 Å². The van der Waals surface area contributed by atoms with Gasteiger partial charge in [0.25, 0.3) is 6.43 Å². The van der Waals surface area contributed by atoms with Crippen LogP contribution in [-0.2, 0) is 4.79 Å². The van der Waals surface area contributed by atoms with Crippen molar-refractivity contribution in [2.45, 2.75) is 52.1 Å². The Kier molecular flexibility index (Phi) is 7.05. The number of amides is 1. The molecule has 9 heteroatoms. The summed E-state index contributed by atoms with van der Waals surface area (Å²) in [5.41, 5.74) is 2.02. The molecule has 2 aromatic carbocycles. The van der Waals surface area contributed by atoms with Gasteiger partial charge >= 0.3 is 0 Å². The quantitative estimate of drug-likeness (QED) is 0.464. The van der Waals surface area contributed by atoms with Gasteiger partial charge in [-0.1, -0.05) is 18.2 Å². The maximum Gasteiger partial charge on any atom is 0.264 e. The van der Waals surface area contributed by atoms with Gasteiger partial charge in [0.1, 0.15) is 18.2 Å². The summed E-state index contributed by atoms with van der Waals surface area (Å²) in [7, 11) is 3.35. The number of anilines is 1. The number of fused-ring (bicyclic) bond motifs is 1. The molecule has 0 radical (unpaired) electrons. The highest BCUT2D eigenvalue weighted by Crippen LogP contribution is 2.36. The fourth-order valence-electron chi connectivity index (χ4n) is 4.54. The Morgan fingerprint density at radius 3 is 2.57 bits per heavy atom. The first-order chi connectivity index (χ1) is 16.7. The Labute approximate surface area is 203 Å². The average molecular weight is 485 g/mol. The SMILES string of the molecule is COc1cc2nc(C)nc(N[C@H](C)c3cccc(C(F)F)c3C)c2cc1OC[C@@H]1CCC(=O)N1C. The molecule has 2 heterocycles. The highest BCUT2D eigenvalue weighted by atomic mass is 19.3. The molecule has 1 aliphatic heterocycles. The van der Waals surface area contributed by atoms with Crippen LogP contribution in [0.3, 0.4) is 0 Å². The molecule has 35 heavy (non-hydrogen) atoms. The number of benzene rings is 2. The van der Waals surface area contributed by atoms with Crippen molar-refractivity contribution in [2.24, 2.45) is 0 Å². The zero-order valence-corrected chi connectivity index (χ0v) is 20.6. The minimum absolute atomic E-state index is 0.000116. The lowest BCUT2D eigenvalue weighted by Crippen LogP contribution is -2.33. The van der Waals surface area contributed by atoms with Gasteiger partial charge in [-0.25, -0.2) is 18.7 Å². The highest BCUT2D eigenvalue weighted by molar-refractivity contribution is 5.92. The minimum Gasteiger partial charge on any atom is -0.493 e. The molecule has 1 aromatic heterocycles. The molecule has 0 unspecified atom stereocenters. The number of ether oxygens (including phenoxy) is 2. The predicted molar refractivity (Wildman–Crippen MR) is 130 cm³/mol. The molecule has 7 nitrogen and oxygen atoms in total. The fourth-order valence-corrected chi connectivity index (χ4v) is 4.54. The number of likely N-dealkylation sites (tertiary alicyclic amines) is 1. The van der Waals surface area contributed by atoms with Crippen molar-refractivity contribution in [3.05, 3.63) is 52.8 Å². The smallest absolute Gasteiger partial charge is 0.264 e. The third-order valence-electron chi connectivity index (χ3n) is 6.63. The minimum atomic E-state index is -2.54. The molecule has 1 aliphatic rings. The van der Waals surface area contributed by atoms with E-state index in [1.54, 1.807) is 45.0 Å². The molecule has 1 N–H and O–H groups in total. The number of aromatic nitrogens is 2. The van der Waals surface area contributed by atoms with Gasteiger partial charge in [-0.05, 0) is 44.4 Å². The summed E-state index contributed by atoms with van der Waals surface area (Å²) in [6.07, 6.45) is -1.27. The second-order valence-electron chi connectivity index (χ2n) is 8.88. The molecule has 0 aliphatic carbocycles. The fraction of sp³-hybridized carbons (Fsp3) is 0.423. The van der Waals surface area contributed by atoms with E-state index in [2.05, 4.69) is 15.3 Å². The van der Waals surface area contributed by atoms with Gasteiger partial charge in [0.2, 0.25) is 5.91 Å². The van der Waals surface area contributed by atoms with E-state index in [1.807, 2.05) is 19.1 Å². The first kappa shape index (κ1) is 24.6. The molecule has 1 saturated heterocycles. The number of likely N-dealkylation sites (N-methyl/N-ethyl adjacent to an activating group) is 1. The number of carbonyl (C=O) groups excluding carboxylic acids is 1.